The maximum Gasteiger partial charge on any atom is 0.302 e. The van der Waals surface area contributed by atoms with Crippen LogP contribution in [0.1, 0.15) is 12.5 Å². The van der Waals surface area contributed by atoms with Gasteiger partial charge in [0.1, 0.15) is 12.4 Å². The van der Waals surface area contributed by atoms with Crippen LogP contribution >= 0.6 is 11.8 Å². The molecule has 0 aliphatic rings. The van der Waals surface area contributed by atoms with Crippen molar-refractivity contribution in [2.45, 2.75) is 18.4 Å². The normalized spacial score (nSPS) is 10.5. The van der Waals surface area contributed by atoms with Crippen molar-refractivity contribution in [3.8, 4) is 0 Å². The average Bonchev–Trinajstić information content (AvgIpc) is 2.45. The third-order valence-corrected chi connectivity index (χ3v) is 4.04. The Kier molecular flexibility index (Phi) is 5.03. The van der Waals surface area contributed by atoms with Crippen LogP contribution in [0.2, 0.25) is 0 Å². The summed E-state index contributed by atoms with van der Waals surface area (Å²) in [6, 6.07) is 7.97. The highest BCUT2D eigenvalue weighted by atomic mass is 32.2. The van der Waals surface area contributed by atoms with E-state index in [0.717, 1.165) is 22.7 Å². The highest BCUT2D eigenvalue weighted by molar-refractivity contribution is 8.13. The van der Waals surface area contributed by atoms with Gasteiger partial charge in [0.25, 0.3) is 5.24 Å². The number of nitrogens with zero attached hydrogens (tertiary/aromatic N) is 1. The molecular weight excluding hydrogens is 305 g/mol. The summed E-state index contributed by atoms with van der Waals surface area (Å²) in [5.41, 5.74) is 0.753. The van der Waals surface area contributed by atoms with E-state index in [9.17, 15) is 14.0 Å². The lowest BCUT2D eigenvalue weighted by atomic mass is 10.1. The monoisotopic (exact) mass is 321 g/mol. The van der Waals surface area contributed by atoms with Gasteiger partial charge in [0, 0.05) is 25.9 Å². The van der Waals surface area contributed by atoms with Crippen molar-refractivity contribution in [3.05, 3.63) is 41.7 Å². The molecule has 0 aliphatic heterocycles. The minimum Gasteiger partial charge on any atom is -0.461 e. The van der Waals surface area contributed by atoms with Gasteiger partial charge in [-0.05, 0) is 52.4 Å². The Morgan fingerprint density at radius 1 is 1.23 bits per heavy atom. The molecule has 0 fully saturated rings. The molecule has 22 heavy (non-hydrogen) atoms. The fourth-order valence-electron chi connectivity index (χ4n) is 1.89. The second-order valence-electron chi connectivity index (χ2n) is 5.00. The number of esters is 1. The Morgan fingerprint density at radius 2 is 1.95 bits per heavy atom. The van der Waals surface area contributed by atoms with Crippen molar-refractivity contribution >= 4 is 33.7 Å². The van der Waals surface area contributed by atoms with Crippen LogP contribution in [0.25, 0.3) is 10.8 Å². The van der Waals surface area contributed by atoms with Crippen LogP contribution in [0.3, 0.4) is 0 Å². The van der Waals surface area contributed by atoms with E-state index >= 15 is 0 Å². The first-order valence-electron chi connectivity index (χ1n) is 6.61. The lowest BCUT2D eigenvalue weighted by molar-refractivity contribution is -0.142. The minimum absolute atomic E-state index is 0.117. The molecule has 0 heterocycles. The van der Waals surface area contributed by atoms with E-state index in [0.29, 0.717) is 10.3 Å². The average molecular weight is 321 g/mol. The van der Waals surface area contributed by atoms with E-state index in [1.807, 2.05) is 6.07 Å². The number of hydrogen-bond donors (Lipinski definition) is 0. The number of thioether (sulfide) groups is 1. The zero-order valence-electron chi connectivity index (χ0n) is 12.6. The molecule has 0 aliphatic carbocycles. The molecule has 0 saturated heterocycles. The molecular formula is C16H16FNO3S. The van der Waals surface area contributed by atoms with Gasteiger partial charge in [-0.3, -0.25) is 9.59 Å². The van der Waals surface area contributed by atoms with Crippen molar-refractivity contribution in [1.82, 2.24) is 4.90 Å². The van der Waals surface area contributed by atoms with E-state index in [2.05, 4.69) is 0 Å². The lowest BCUT2D eigenvalue weighted by Crippen LogP contribution is -2.16. The molecule has 0 saturated carbocycles. The Bertz CT molecular complexity index is 731. The molecule has 0 bridgehead atoms. The maximum atomic E-state index is 13.5. The quantitative estimate of drug-likeness (QED) is 0.637. The molecule has 0 radical (unpaired) electrons. The minimum atomic E-state index is -0.377. The van der Waals surface area contributed by atoms with Gasteiger partial charge < -0.3 is 9.64 Å². The number of rotatable bonds is 3. The van der Waals surface area contributed by atoms with Gasteiger partial charge in [-0.25, -0.2) is 4.39 Å². The molecule has 0 spiro atoms. The molecule has 116 valence electrons. The fourth-order valence-corrected chi connectivity index (χ4v) is 2.76. The lowest BCUT2D eigenvalue weighted by Gasteiger charge is -2.13. The molecule has 0 aromatic heterocycles. The highest BCUT2D eigenvalue weighted by Crippen LogP contribution is 2.31. The van der Waals surface area contributed by atoms with Crippen LogP contribution in [0.4, 0.5) is 9.18 Å². The summed E-state index contributed by atoms with van der Waals surface area (Å²) >= 11 is 1.02. The van der Waals surface area contributed by atoms with E-state index in [-0.39, 0.29) is 23.6 Å². The van der Waals surface area contributed by atoms with Crippen molar-refractivity contribution in [1.29, 1.82) is 0 Å². The Labute approximate surface area is 132 Å². The van der Waals surface area contributed by atoms with Crippen LogP contribution < -0.4 is 0 Å². The SMILES string of the molecule is CC(=O)OCc1cc(SC(=O)N(C)C)c2cc(F)ccc2c1. The molecule has 0 unspecified atom stereocenters. The predicted molar refractivity (Wildman–Crippen MR) is 84.3 cm³/mol. The summed E-state index contributed by atoms with van der Waals surface area (Å²) in [5, 5.41) is 1.29. The number of halogens is 1. The smallest absolute Gasteiger partial charge is 0.302 e. The van der Waals surface area contributed by atoms with Crippen LogP contribution in [-0.2, 0) is 16.1 Å². The Hall–Kier alpha value is -2.08. The predicted octanol–water partition coefficient (Wildman–Crippen LogP) is 3.82. The number of benzene rings is 2. The van der Waals surface area contributed by atoms with E-state index in [1.54, 1.807) is 26.2 Å². The van der Waals surface area contributed by atoms with Crippen molar-refractivity contribution < 1.29 is 18.7 Å². The van der Waals surface area contributed by atoms with Crippen molar-refractivity contribution in [2.75, 3.05) is 14.1 Å². The van der Waals surface area contributed by atoms with Crippen LogP contribution in [-0.4, -0.2) is 30.2 Å². The van der Waals surface area contributed by atoms with Gasteiger partial charge in [0.2, 0.25) is 0 Å². The fraction of sp³-hybridized carbons (Fsp3) is 0.250. The summed E-state index contributed by atoms with van der Waals surface area (Å²) in [6.07, 6.45) is 0. The number of amides is 1. The molecule has 0 atom stereocenters. The largest absolute Gasteiger partial charge is 0.461 e. The molecule has 2 rings (SSSR count). The van der Waals surface area contributed by atoms with E-state index in [4.69, 9.17) is 4.74 Å². The number of fused-ring (bicyclic) bond motifs is 1. The number of carbonyl (C=O) groups excluding carboxylic acids is 2. The first kappa shape index (κ1) is 16.3. The van der Waals surface area contributed by atoms with Gasteiger partial charge in [0.05, 0.1) is 0 Å². The molecule has 2 aromatic rings. The maximum absolute atomic E-state index is 13.5. The third-order valence-electron chi connectivity index (χ3n) is 2.94. The molecule has 4 nitrogen and oxygen atoms in total. The zero-order valence-corrected chi connectivity index (χ0v) is 13.4. The number of hydrogen-bond acceptors (Lipinski definition) is 4. The van der Waals surface area contributed by atoms with Crippen LogP contribution in [0.5, 0.6) is 0 Å². The summed E-state index contributed by atoms with van der Waals surface area (Å²) in [7, 11) is 3.31. The summed E-state index contributed by atoms with van der Waals surface area (Å²) in [5.74, 6) is -0.739. The summed E-state index contributed by atoms with van der Waals surface area (Å²) in [6.45, 7) is 1.45. The molecule has 2 aromatic carbocycles. The molecule has 0 N–H and O–H groups in total. The molecule has 1 amide bonds. The van der Waals surface area contributed by atoms with E-state index in [1.165, 1.54) is 24.0 Å². The first-order chi connectivity index (χ1) is 10.4. The second kappa shape index (κ2) is 6.79. The first-order valence-corrected chi connectivity index (χ1v) is 7.43. The summed E-state index contributed by atoms with van der Waals surface area (Å²) < 4.78 is 18.5. The van der Waals surface area contributed by atoms with E-state index < -0.39 is 0 Å². The van der Waals surface area contributed by atoms with Gasteiger partial charge >= 0.3 is 5.97 Å². The Morgan fingerprint density at radius 3 is 2.59 bits per heavy atom. The summed E-state index contributed by atoms with van der Waals surface area (Å²) in [4.78, 5) is 25.0. The zero-order chi connectivity index (χ0) is 16.3. The second-order valence-corrected chi connectivity index (χ2v) is 6.00. The van der Waals surface area contributed by atoms with Crippen LogP contribution in [0.15, 0.2) is 35.2 Å². The standard InChI is InChI=1S/C16H16FNO3S/c1-10(19)21-9-11-6-12-4-5-13(17)8-14(12)15(7-11)22-16(20)18(2)3/h4-8H,9H2,1-3H3. The number of carbonyl (C=O) groups is 2. The Balaban J connectivity index is 2.46. The highest BCUT2D eigenvalue weighted by Gasteiger charge is 2.12. The molecule has 6 heteroatoms. The van der Waals surface area contributed by atoms with Crippen molar-refractivity contribution in [2.24, 2.45) is 0 Å². The number of ether oxygens (including phenoxy) is 1. The van der Waals surface area contributed by atoms with Gasteiger partial charge in [0.15, 0.2) is 0 Å². The van der Waals surface area contributed by atoms with Gasteiger partial charge in [-0.1, -0.05) is 6.07 Å². The van der Waals surface area contributed by atoms with Gasteiger partial charge in [-0.15, -0.1) is 0 Å². The third kappa shape index (κ3) is 3.98. The van der Waals surface area contributed by atoms with Gasteiger partial charge in [-0.2, -0.15) is 0 Å². The van der Waals surface area contributed by atoms with Crippen molar-refractivity contribution in [3.63, 3.8) is 0 Å². The topological polar surface area (TPSA) is 46.6 Å². The van der Waals surface area contributed by atoms with Crippen LogP contribution in [0, 0.1) is 5.82 Å².